The summed E-state index contributed by atoms with van der Waals surface area (Å²) in [7, 11) is 0. The third kappa shape index (κ3) is 6.65. The molecule has 0 aliphatic heterocycles. The average molecular weight is 413 g/mol. The molecular formula is C28H44O2. The minimum atomic E-state index is 0.129. The van der Waals surface area contributed by atoms with Crippen molar-refractivity contribution in [2.75, 3.05) is 0 Å². The van der Waals surface area contributed by atoms with Crippen molar-refractivity contribution in [3.8, 4) is 0 Å². The zero-order valence-electron chi connectivity index (χ0n) is 21.1. The molecule has 2 nitrogen and oxygen atoms in total. The van der Waals surface area contributed by atoms with Gasteiger partial charge in [-0.1, -0.05) is 70.9 Å². The van der Waals surface area contributed by atoms with Crippen LogP contribution in [0.2, 0.25) is 0 Å². The van der Waals surface area contributed by atoms with Crippen LogP contribution in [0.15, 0.2) is 47.1 Å². The summed E-state index contributed by atoms with van der Waals surface area (Å²) in [6.45, 7) is 21.3. The highest BCUT2D eigenvalue weighted by atomic mass is 16.1. The Kier molecular flexibility index (Phi) is 9.26. The predicted molar refractivity (Wildman–Crippen MR) is 129 cm³/mol. The van der Waals surface area contributed by atoms with Crippen molar-refractivity contribution < 1.29 is 9.59 Å². The lowest BCUT2D eigenvalue weighted by atomic mass is 9.63. The Morgan fingerprint density at radius 3 is 2.07 bits per heavy atom. The number of rotatable bonds is 4. The Morgan fingerprint density at radius 2 is 1.53 bits per heavy atom. The van der Waals surface area contributed by atoms with E-state index in [2.05, 4.69) is 67.5 Å². The third-order valence-corrected chi connectivity index (χ3v) is 7.70. The summed E-state index contributed by atoms with van der Waals surface area (Å²) in [5, 5.41) is 0. The number of ketones is 2. The second-order valence-electron chi connectivity index (χ2n) is 10.7. The van der Waals surface area contributed by atoms with Gasteiger partial charge < -0.3 is 0 Å². The molecule has 0 heterocycles. The molecule has 0 N–H and O–H groups in total. The molecule has 2 rings (SSSR count). The molecule has 2 heteroatoms. The summed E-state index contributed by atoms with van der Waals surface area (Å²) in [5.74, 6) is 2.03. The van der Waals surface area contributed by atoms with Crippen LogP contribution < -0.4 is 0 Å². The Labute approximate surface area is 185 Å². The van der Waals surface area contributed by atoms with E-state index in [0.717, 1.165) is 6.42 Å². The van der Waals surface area contributed by atoms with Crippen molar-refractivity contribution in [3.05, 3.63) is 47.1 Å². The second kappa shape index (κ2) is 10.6. The maximum Gasteiger partial charge on any atom is 0.152 e. The first-order valence-electron chi connectivity index (χ1n) is 11.5. The van der Waals surface area contributed by atoms with Crippen LogP contribution in [0, 0.1) is 28.6 Å². The van der Waals surface area contributed by atoms with E-state index in [4.69, 9.17) is 0 Å². The van der Waals surface area contributed by atoms with Gasteiger partial charge in [0.1, 0.15) is 0 Å². The minimum absolute atomic E-state index is 0.129. The first-order valence-corrected chi connectivity index (χ1v) is 11.5. The lowest BCUT2D eigenvalue weighted by Gasteiger charge is -2.42. The van der Waals surface area contributed by atoms with E-state index in [1.165, 1.54) is 29.6 Å². The quantitative estimate of drug-likeness (QED) is 0.351. The van der Waals surface area contributed by atoms with Crippen molar-refractivity contribution in [1.29, 1.82) is 0 Å². The summed E-state index contributed by atoms with van der Waals surface area (Å²) in [4.78, 5) is 22.0. The van der Waals surface area contributed by atoms with Crippen LogP contribution in [0.4, 0.5) is 0 Å². The molecule has 0 radical (unpaired) electrons. The fourth-order valence-electron chi connectivity index (χ4n) is 4.62. The molecule has 0 saturated carbocycles. The second-order valence-corrected chi connectivity index (χ2v) is 10.7. The van der Waals surface area contributed by atoms with Gasteiger partial charge >= 0.3 is 0 Å². The number of hydrogen-bond acceptors (Lipinski definition) is 2. The van der Waals surface area contributed by atoms with E-state index in [9.17, 15) is 9.59 Å². The average Bonchev–Trinajstić information content (AvgIpc) is 2.61. The lowest BCUT2D eigenvalue weighted by molar-refractivity contribution is -0.113. The van der Waals surface area contributed by atoms with Gasteiger partial charge in [0, 0.05) is 5.92 Å². The Hall–Kier alpha value is -1.70. The van der Waals surface area contributed by atoms with Crippen molar-refractivity contribution in [3.63, 3.8) is 0 Å². The molecule has 3 atom stereocenters. The highest BCUT2D eigenvalue weighted by molar-refractivity contribution is 5.88. The number of hydrogen-bond donors (Lipinski definition) is 0. The maximum atomic E-state index is 11.0. The van der Waals surface area contributed by atoms with Gasteiger partial charge in [-0.25, -0.2) is 0 Å². The Balaban J connectivity index is 0.000000300. The zero-order valence-corrected chi connectivity index (χ0v) is 21.1. The molecule has 2 aliphatic rings. The van der Waals surface area contributed by atoms with E-state index in [1.54, 1.807) is 26.0 Å². The molecule has 2 aliphatic carbocycles. The topological polar surface area (TPSA) is 34.1 Å². The van der Waals surface area contributed by atoms with E-state index >= 15 is 0 Å². The van der Waals surface area contributed by atoms with Gasteiger partial charge in [-0.3, -0.25) is 9.59 Å². The van der Waals surface area contributed by atoms with Gasteiger partial charge in [0.25, 0.3) is 0 Å². The molecule has 0 fully saturated rings. The predicted octanol–water partition coefficient (Wildman–Crippen LogP) is 7.66. The van der Waals surface area contributed by atoms with Gasteiger partial charge in [0.05, 0.1) is 0 Å². The molecule has 3 unspecified atom stereocenters. The summed E-state index contributed by atoms with van der Waals surface area (Å²) < 4.78 is 0. The molecule has 0 aromatic heterocycles. The molecule has 0 spiro atoms. The number of carbonyl (C=O) groups excluding carboxylic acids is 2. The SMILES string of the molecule is CC(=O)C=CC1=C(C)CCC(C)C1(C)C.CC(=O)C=CC1C(C)=CCC(C)C1(C)C. The lowest BCUT2D eigenvalue weighted by Crippen LogP contribution is -2.33. The van der Waals surface area contributed by atoms with Crippen molar-refractivity contribution in [2.45, 2.75) is 88.5 Å². The van der Waals surface area contributed by atoms with Crippen molar-refractivity contribution >= 4 is 11.6 Å². The van der Waals surface area contributed by atoms with Crippen molar-refractivity contribution in [2.24, 2.45) is 28.6 Å². The van der Waals surface area contributed by atoms with E-state index in [-0.39, 0.29) is 22.4 Å². The van der Waals surface area contributed by atoms with Crippen LogP contribution in [-0.2, 0) is 9.59 Å². The van der Waals surface area contributed by atoms with E-state index in [0.29, 0.717) is 17.8 Å². The maximum absolute atomic E-state index is 11.0. The number of allylic oxidation sites excluding steroid dienone is 8. The fourth-order valence-corrected chi connectivity index (χ4v) is 4.62. The zero-order chi connectivity index (χ0) is 23.3. The van der Waals surface area contributed by atoms with Gasteiger partial charge in [-0.05, 0) is 87.3 Å². The van der Waals surface area contributed by atoms with Gasteiger partial charge in [-0.15, -0.1) is 0 Å². The van der Waals surface area contributed by atoms with Crippen LogP contribution in [-0.4, -0.2) is 11.6 Å². The van der Waals surface area contributed by atoms with E-state index < -0.39 is 0 Å². The normalized spacial score (nSPS) is 28.2. The van der Waals surface area contributed by atoms with Gasteiger partial charge in [-0.2, -0.15) is 0 Å². The Bertz CT molecular complexity index is 756. The summed E-state index contributed by atoms with van der Waals surface area (Å²) in [6.07, 6.45) is 13.4. The minimum Gasteiger partial charge on any atom is -0.295 e. The third-order valence-electron chi connectivity index (χ3n) is 7.70. The molecule has 0 aromatic carbocycles. The van der Waals surface area contributed by atoms with Crippen LogP contribution in [0.5, 0.6) is 0 Å². The molecule has 0 bridgehead atoms. The molecule has 0 amide bonds. The summed E-state index contributed by atoms with van der Waals surface area (Å²) >= 11 is 0. The molecule has 0 aromatic rings. The highest BCUT2D eigenvalue weighted by Gasteiger charge is 2.36. The number of carbonyl (C=O) groups is 2. The first kappa shape index (κ1) is 26.3. The smallest absolute Gasteiger partial charge is 0.152 e. The van der Waals surface area contributed by atoms with E-state index in [1.807, 2.05) is 6.08 Å². The first-order chi connectivity index (χ1) is 13.7. The van der Waals surface area contributed by atoms with Crippen LogP contribution >= 0.6 is 0 Å². The summed E-state index contributed by atoms with van der Waals surface area (Å²) in [6, 6.07) is 0. The fraction of sp³-hybridized carbons (Fsp3) is 0.643. The van der Waals surface area contributed by atoms with Crippen LogP contribution in [0.25, 0.3) is 0 Å². The molecule has 0 saturated heterocycles. The molecule has 168 valence electrons. The van der Waals surface area contributed by atoms with Crippen LogP contribution in [0.3, 0.4) is 0 Å². The standard InChI is InChI=1S/2C14H22O/c2*1-10-6-7-11(2)14(4,5)13(10)9-8-12(3)15/h8-9,11H,6-7H2,1-5H3;6,8-9,11,13H,7H2,1-5H3. The highest BCUT2D eigenvalue weighted by Crippen LogP contribution is 2.46. The van der Waals surface area contributed by atoms with Crippen molar-refractivity contribution in [1.82, 2.24) is 0 Å². The van der Waals surface area contributed by atoms with Crippen LogP contribution in [0.1, 0.15) is 88.5 Å². The summed E-state index contributed by atoms with van der Waals surface area (Å²) in [5.41, 5.74) is 4.65. The van der Waals surface area contributed by atoms with Gasteiger partial charge in [0.2, 0.25) is 0 Å². The monoisotopic (exact) mass is 412 g/mol. The Morgan fingerprint density at radius 1 is 0.967 bits per heavy atom. The largest absolute Gasteiger partial charge is 0.295 e. The molecule has 30 heavy (non-hydrogen) atoms. The molecular weight excluding hydrogens is 368 g/mol. The van der Waals surface area contributed by atoms with Gasteiger partial charge in [0.15, 0.2) is 11.6 Å².